The van der Waals surface area contributed by atoms with Gasteiger partial charge in [0.05, 0.1) is 30.2 Å². The monoisotopic (exact) mass is 320 g/mol. The fourth-order valence-corrected chi connectivity index (χ4v) is 3.56. The van der Waals surface area contributed by atoms with Crippen molar-refractivity contribution in [1.82, 2.24) is 19.9 Å². The maximum absolute atomic E-state index is 5.85. The highest BCUT2D eigenvalue weighted by molar-refractivity contribution is 7.11. The number of ether oxygens (including phenoxy) is 2. The Morgan fingerprint density at radius 2 is 2.09 bits per heavy atom. The summed E-state index contributed by atoms with van der Waals surface area (Å²) in [6.45, 7) is 7.00. The second-order valence-electron chi connectivity index (χ2n) is 5.41. The van der Waals surface area contributed by atoms with Crippen molar-refractivity contribution in [2.45, 2.75) is 32.9 Å². The highest BCUT2D eigenvalue weighted by Crippen LogP contribution is 2.23. The summed E-state index contributed by atoms with van der Waals surface area (Å²) in [4.78, 5) is 16.5. The van der Waals surface area contributed by atoms with Crippen LogP contribution in [0.3, 0.4) is 0 Å². The van der Waals surface area contributed by atoms with E-state index in [0.29, 0.717) is 11.8 Å². The first kappa shape index (κ1) is 15.2. The third-order valence-corrected chi connectivity index (χ3v) is 4.77. The lowest BCUT2D eigenvalue weighted by atomic mass is 10.3. The SMILES string of the molecule is COc1cnc(OC2CCN(Cc3sc(C)nc3C)C2)nc1. The Hall–Kier alpha value is -1.73. The highest BCUT2D eigenvalue weighted by Gasteiger charge is 2.25. The number of hydrogen-bond donors (Lipinski definition) is 0. The number of hydrogen-bond acceptors (Lipinski definition) is 7. The summed E-state index contributed by atoms with van der Waals surface area (Å²) >= 11 is 1.78. The van der Waals surface area contributed by atoms with Gasteiger partial charge in [0.25, 0.3) is 0 Å². The van der Waals surface area contributed by atoms with Crippen molar-refractivity contribution < 1.29 is 9.47 Å². The molecule has 1 fully saturated rings. The maximum Gasteiger partial charge on any atom is 0.316 e. The van der Waals surface area contributed by atoms with Gasteiger partial charge in [-0.2, -0.15) is 9.97 Å². The third kappa shape index (κ3) is 3.53. The Morgan fingerprint density at radius 3 is 2.73 bits per heavy atom. The predicted octanol–water partition coefficient (Wildman–Crippen LogP) is 2.21. The van der Waals surface area contributed by atoms with Crippen molar-refractivity contribution in [2.75, 3.05) is 20.2 Å². The van der Waals surface area contributed by atoms with Crippen LogP contribution in [0, 0.1) is 13.8 Å². The van der Waals surface area contributed by atoms with Crippen LogP contribution in [0.2, 0.25) is 0 Å². The molecule has 0 radical (unpaired) electrons. The number of rotatable bonds is 5. The van der Waals surface area contributed by atoms with Crippen LogP contribution in [0.1, 0.15) is 22.0 Å². The van der Waals surface area contributed by atoms with E-state index in [1.54, 1.807) is 30.8 Å². The normalized spacial score (nSPS) is 18.6. The van der Waals surface area contributed by atoms with Crippen LogP contribution in [-0.2, 0) is 6.54 Å². The molecule has 1 atom stereocenters. The van der Waals surface area contributed by atoms with Crippen molar-refractivity contribution in [2.24, 2.45) is 0 Å². The van der Waals surface area contributed by atoms with Gasteiger partial charge in [-0.05, 0) is 20.3 Å². The summed E-state index contributed by atoms with van der Waals surface area (Å²) in [6.07, 6.45) is 4.38. The van der Waals surface area contributed by atoms with Crippen molar-refractivity contribution in [3.8, 4) is 11.8 Å². The van der Waals surface area contributed by atoms with Gasteiger partial charge in [-0.3, -0.25) is 4.90 Å². The zero-order valence-corrected chi connectivity index (χ0v) is 13.9. The minimum absolute atomic E-state index is 0.141. The molecule has 118 valence electrons. The molecule has 1 aliphatic heterocycles. The largest absolute Gasteiger partial charge is 0.494 e. The van der Waals surface area contributed by atoms with Crippen molar-refractivity contribution >= 4 is 11.3 Å². The molecule has 1 saturated heterocycles. The lowest BCUT2D eigenvalue weighted by Crippen LogP contribution is -2.25. The van der Waals surface area contributed by atoms with Crippen LogP contribution < -0.4 is 9.47 Å². The Bertz CT molecular complexity index is 629. The molecular formula is C15H20N4O2S. The quantitative estimate of drug-likeness (QED) is 0.842. The van der Waals surface area contributed by atoms with Gasteiger partial charge in [0.15, 0.2) is 5.75 Å². The zero-order valence-electron chi connectivity index (χ0n) is 13.1. The van der Waals surface area contributed by atoms with Crippen molar-refractivity contribution in [3.63, 3.8) is 0 Å². The number of thiazole rings is 1. The summed E-state index contributed by atoms with van der Waals surface area (Å²) < 4.78 is 10.9. The molecule has 3 heterocycles. The average molecular weight is 320 g/mol. The molecular weight excluding hydrogens is 300 g/mol. The van der Waals surface area contributed by atoms with E-state index in [0.717, 1.165) is 36.8 Å². The number of nitrogens with zero attached hydrogens (tertiary/aromatic N) is 4. The van der Waals surface area contributed by atoms with Crippen molar-refractivity contribution in [1.29, 1.82) is 0 Å². The van der Waals surface area contributed by atoms with E-state index in [9.17, 15) is 0 Å². The molecule has 0 aliphatic carbocycles. The Balaban J connectivity index is 1.54. The van der Waals surface area contributed by atoms with Gasteiger partial charge in [0.1, 0.15) is 6.10 Å². The number of aromatic nitrogens is 3. The molecule has 1 unspecified atom stereocenters. The molecule has 2 aromatic rings. The van der Waals surface area contributed by atoms with E-state index >= 15 is 0 Å². The van der Waals surface area contributed by atoms with E-state index in [2.05, 4.69) is 33.7 Å². The minimum Gasteiger partial charge on any atom is -0.494 e. The summed E-state index contributed by atoms with van der Waals surface area (Å²) in [5.74, 6) is 0.636. The summed E-state index contributed by atoms with van der Waals surface area (Å²) in [5.41, 5.74) is 1.14. The first-order valence-electron chi connectivity index (χ1n) is 7.32. The fourth-order valence-electron chi connectivity index (χ4n) is 2.58. The van der Waals surface area contributed by atoms with Gasteiger partial charge in [-0.1, -0.05) is 0 Å². The number of aryl methyl sites for hydroxylation is 2. The van der Waals surface area contributed by atoms with Crippen LogP contribution in [0.15, 0.2) is 12.4 Å². The molecule has 0 bridgehead atoms. The molecule has 22 heavy (non-hydrogen) atoms. The molecule has 0 saturated carbocycles. The Labute approximate surface area is 134 Å². The van der Waals surface area contributed by atoms with E-state index in [-0.39, 0.29) is 6.10 Å². The fraction of sp³-hybridized carbons (Fsp3) is 0.533. The van der Waals surface area contributed by atoms with Crippen LogP contribution in [-0.4, -0.2) is 46.2 Å². The number of likely N-dealkylation sites (tertiary alicyclic amines) is 1. The summed E-state index contributed by atoms with van der Waals surface area (Å²) in [5, 5.41) is 1.13. The van der Waals surface area contributed by atoms with Gasteiger partial charge < -0.3 is 9.47 Å². The van der Waals surface area contributed by atoms with Gasteiger partial charge in [-0.15, -0.1) is 11.3 Å². The molecule has 6 nitrogen and oxygen atoms in total. The highest BCUT2D eigenvalue weighted by atomic mass is 32.1. The van der Waals surface area contributed by atoms with Crippen LogP contribution in [0.25, 0.3) is 0 Å². The van der Waals surface area contributed by atoms with Gasteiger partial charge in [-0.25, -0.2) is 4.98 Å². The molecule has 2 aromatic heterocycles. The van der Waals surface area contributed by atoms with Gasteiger partial charge >= 0.3 is 6.01 Å². The first-order chi connectivity index (χ1) is 10.6. The minimum atomic E-state index is 0.141. The van der Waals surface area contributed by atoms with Crippen LogP contribution in [0.4, 0.5) is 0 Å². The van der Waals surface area contributed by atoms with Gasteiger partial charge in [0, 0.05) is 24.5 Å². The smallest absolute Gasteiger partial charge is 0.316 e. The standard InChI is InChI=1S/C15H20N4O2S/c1-10-14(22-11(2)18-10)9-19-5-4-12(8-19)21-15-16-6-13(20-3)7-17-15/h6-7,12H,4-5,8-9H2,1-3H3. The molecule has 7 heteroatoms. The summed E-state index contributed by atoms with van der Waals surface area (Å²) in [7, 11) is 1.59. The molecule has 0 amide bonds. The molecule has 1 aliphatic rings. The second-order valence-corrected chi connectivity index (χ2v) is 6.70. The van der Waals surface area contributed by atoms with E-state index in [4.69, 9.17) is 9.47 Å². The third-order valence-electron chi connectivity index (χ3n) is 3.71. The van der Waals surface area contributed by atoms with E-state index in [1.807, 2.05) is 0 Å². The zero-order chi connectivity index (χ0) is 15.5. The topological polar surface area (TPSA) is 60.4 Å². The molecule has 3 rings (SSSR count). The van der Waals surface area contributed by atoms with Crippen LogP contribution in [0.5, 0.6) is 11.8 Å². The Morgan fingerprint density at radius 1 is 1.32 bits per heavy atom. The summed E-state index contributed by atoms with van der Waals surface area (Å²) in [6, 6.07) is 0.414. The van der Waals surface area contributed by atoms with E-state index in [1.165, 1.54) is 4.88 Å². The van der Waals surface area contributed by atoms with E-state index < -0.39 is 0 Å². The lowest BCUT2D eigenvalue weighted by molar-refractivity contribution is 0.183. The second kappa shape index (κ2) is 6.58. The Kier molecular flexibility index (Phi) is 4.54. The van der Waals surface area contributed by atoms with Crippen molar-refractivity contribution in [3.05, 3.63) is 28.0 Å². The van der Waals surface area contributed by atoms with Gasteiger partial charge in [0.2, 0.25) is 0 Å². The molecule has 0 N–H and O–H groups in total. The number of methoxy groups -OCH3 is 1. The molecule has 0 spiro atoms. The maximum atomic E-state index is 5.85. The average Bonchev–Trinajstić information content (AvgIpc) is 3.07. The lowest BCUT2D eigenvalue weighted by Gasteiger charge is -2.15. The first-order valence-corrected chi connectivity index (χ1v) is 8.13. The molecule has 0 aromatic carbocycles. The van der Waals surface area contributed by atoms with Crippen LogP contribution >= 0.6 is 11.3 Å². The predicted molar refractivity (Wildman–Crippen MR) is 84.5 cm³/mol.